The zero-order valence-electron chi connectivity index (χ0n) is 20.8. The number of aryl methyl sites for hydroxylation is 1. The van der Waals surface area contributed by atoms with Gasteiger partial charge in [-0.05, 0) is 56.4 Å². The van der Waals surface area contributed by atoms with Crippen LogP contribution in [0.15, 0.2) is 47.7 Å². The van der Waals surface area contributed by atoms with E-state index < -0.39 is 47.5 Å². The summed E-state index contributed by atoms with van der Waals surface area (Å²) in [5.41, 5.74) is -2.67. The third kappa shape index (κ3) is 5.47. The minimum Gasteiger partial charge on any atom is -0.327 e. The second-order valence-corrected chi connectivity index (χ2v) is 9.41. The number of likely N-dealkylation sites (N-methyl/N-ethyl adjacent to an activating group) is 1. The molecule has 204 valence electrons. The average Bonchev–Trinajstić information content (AvgIpc) is 3.29. The summed E-state index contributed by atoms with van der Waals surface area (Å²) < 4.78 is 83.1. The summed E-state index contributed by atoms with van der Waals surface area (Å²) in [5.74, 6) is -0.669. The highest BCUT2D eigenvalue weighted by Gasteiger charge is 2.38. The van der Waals surface area contributed by atoms with Crippen LogP contribution in [-0.2, 0) is 31.9 Å². The number of alkyl halides is 6. The van der Waals surface area contributed by atoms with Crippen molar-refractivity contribution in [3.63, 3.8) is 0 Å². The molecule has 0 radical (unpaired) electrons. The zero-order chi connectivity index (χ0) is 28.0. The van der Waals surface area contributed by atoms with Crippen LogP contribution in [0.2, 0.25) is 0 Å². The van der Waals surface area contributed by atoms with E-state index in [1.165, 1.54) is 27.9 Å². The van der Waals surface area contributed by atoms with Crippen LogP contribution >= 0.6 is 0 Å². The maximum absolute atomic E-state index is 13.5. The fourth-order valence-corrected chi connectivity index (χ4v) is 4.52. The first-order valence-corrected chi connectivity index (χ1v) is 11.7. The third-order valence-electron chi connectivity index (χ3n) is 6.32. The molecule has 0 saturated carbocycles. The van der Waals surface area contributed by atoms with Crippen LogP contribution in [0, 0.1) is 0 Å². The highest BCUT2D eigenvalue weighted by molar-refractivity contribution is 5.93. The summed E-state index contributed by atoms with van der Waals surface area (Å²) >= 11 is 0. The topological polar surface area (TPSA) is 63.4 Å². The van der Waals surface area contributed by atoms with E-state index in [2.05, 4.69) is 4.98 Å². The third-order valence-corrected chi connectivity index (χ3v) is 6.32. The first kappa shape index (κ1) is 27.4. The number of imidazole rings is 1. The lowest BCUT2D eigenvalue weighted by Gasteiger charge is -2.39. The molecule has 1 aliphatic rings. The largest absolute Gasteiger partial charge is 0.416 e. The number of hydrogen-bond acceptors (Lipinski definition) is 4. The Morgan fingerprint density at radius 1 is 1.00 bits per heavy atom. The summed E-state index contributed by atoms with van der Waals surface area (Å²) in [6, 6.07) is 3.46. The number of hydrogen-bond donors (Lipinski definition) is 0. The van der Waals surface area contributed by atoms with E-state index in [1.807, 2.05) is 6.92 Å². The molecule has 1 aromatic carbocycles. The predicted molar refractivity (Wildman–Crippen MR) is 126 cm³/mol. The van der Waals surface area contributed by atoms with Crippen molar-refractivity contribution in [3.05, 3.63) is 81.3 Å². The standard InChI is InChI=1S/C25H25F6N5O2/c1-4-18-11-34(14-32-18)20-5-6-21-23(38)35(19(12-33(2)3)13-36(21)22(20)37)10-15-7-16(24(26,27)28)9-17(8-15)25(29,30)31/h5-9,11,14,19H,4,10,12-13H2,1-3H3/t19-/m1/s1. The highest BCUT2D eigenvalue weighted by atomic mass is 19.4. The Labute approximate surface area is 213 Å². The van der Waals surface area contributed by atoms with Gasteiger partial charge in [-0.15, -0.1) is 0 Å². The van der Waals surface area contributed by atoms with Gasteiger partial charge in [0.1, 0.15) is 11.4 Å². The molecule has 4 rings (SSSR count). The minimum absolute atomic E-state index is 0.00630. The molecular formula is C25H25F6N5O2. The van der Waals surface area contributed by atoms with Crippen LogP contribution in [0.1, 0.15) is 39.8 Å². The Morgan fingerprint density at radius 2 is 1.63 bits per heavy atom. The molecule has 2 aromatic heterocycles. The number of amides is 1. The van der Waals surface area contributed by atoms with E-state index in [4.69, 9.17) is 0 Å². The van der Waals surface area contributed by atoms with Crippen LogP contribution < -0.4 is 5.56 Å². The summed E-state index contributed by atoms with van der Waals surface area (Å²) in [5, 5.41) is 0. The van der Waals surface area contributed by atoms with Gasteiger partial charge in [-0.25, -0.2) is 4.98 Å². The van der Waals surface area contributed by atoms with Crippen LogP contribution in [-0.4, -0.2) is 56.5 Å². The Morgan fingerprint density at radius 3 is 2.16 bits per heavy atom. The summed E-state index contributed by atoms with van der Waals surface area (Å²) in [4.78, 5) is 34.0. The molecule has 3 heterocycles. The summed E-state index contributed by atoms with van der Waals surface area (Å²) in [6.07, 6.45) is -6.17. The molecule has 1 amide bonds. The van der Waals surface area contributed by atoms with Gasteiger partial charge in [-0.1, -0.05) is 6.92 Å². The van der Waals surface area contributed by atoms with Crippen molar-refractivity contribution in [1.82, 2.24) is 23.9 Å². The first-order valence-electron chi connectivity index (χ1n) is 11.7. The second-order valence-electron chi connectivity index (χ2n) is 9.41. The average molecular weight is 541 g/mol. The van der Waals surface area contributed by atoms with Gasteiger partial charge in [0.05, 0.1) is 29.2 Å². The smallest absolute Gasteiger partial charge is 0.327 e. The van der Waals surface area contributed by atoms with Crippen molar-refractivity contribution < 1.29 is 31.1 Å². The van der Waals surface area contributed by atoms with Crippen LogP contribution in [0.4, 0.5) is 26.3 Å². The SMILES string of the molecule is CCc1cn(-c2ccc3n(c2=O)C[C@@H](CN(C)C)N(Cc2cc(C(F)(F)F)cc(C(F)(F)F)c2)C3=O)cn1. The molecule has 0 bridgehead atoms. The van der Waals surface area contributed by atoms with Crippen LogP contribution in [0.3, 0.4) is 0 Å². The fourth-order valence-electron chi connectivity index (χ4n) is 4.52. The van der Waals surface area contributed by atoms with Crippen molar-refractivity contribution in [2.45, 2.75) is 44.8 Å². The molecule has 1 aliphatic heterocycles. The number of aromatic nitrogens is 3. The van der Waals surface area contributed by atoms with E-state index in [0.717, 1.165) is 5.69 Å². The van der Waals surface area contributed by atoms with Gasteiger partial charge in [-0.3, -0.25) is 9.59 Å². The van der Waals surface area contributed by atoms with Gasteiger partial charge in [0.25, 0.3) is 11.5 Å². The maximum Gasteiger partial charge on any atom is 0.416 e. The quantitative estimate of drug-likeness (QED) is 0.439. The Kier molecular flexibility index (Phi) is 7.17. The number of fused-ring (bicyclic) bond motifs is 1. The number of carbonyl (C=O) groups is 1. The highest BCUT2D eigenvalue weighted by Crippen LogP contribution is 2.37. The van der Waals surface area contributed by atoms with E-state index in [9.17, 15) is 35.9 Å². The predicted octanol–water partition coefficient (Wildman–Crippen LogP) is 4.22. The molecule has 3 aromatic rings. The molecule has 38 heavy (non-hydrogen) atoms. The molecule has 13 heteroatoms. The molecule has 0 aliphatic carbocycles. The van der Waals surface area contributed by atoms with Gasteiger partial charge < -0.3 is 18.9 Å². The van der Waals surface area contributed by atoms with E-state index >= 15 is 0 Å². The molecule has 0 saturated heterocycles. The molecule has 0 unspecified atom stereocenters. The Hall–Kier alpha value is -3.61. The molecule has 7 nitrogen and oxygen atoms in total. The molecule has 0 spiro atoms. The molecule has 0 fully saturated rings. The van der Waals surface area contributed by atoms with Crippen molar-refractivity contribution in [3.8, 4) is 5.69 Å². The molecule has 0 N–H and O–H groups in total. The summed E-state index contributed by atoms with van der Waals surface area (Å²) in [7, 11) is 3.42. The zero-order valence-corrected chi connectivity index (χ0v) is 20.8. The maximum atomic E-state index is 13.5. The second kappa shape index (κ2) is 9.93. The fraction of sp³-hybridized carbons (Fsp3) is 0.400. The number of halogens is 6. The first-order chi connectivity index (χ1) is 17.7. The lowest BCUT2D eigenvalue weighted by Crippen LogP contribution is -2.54. The van der Waals surface area contributed by atoms with Crippen LogP contribution in [0.5, 0.6) is 0 Å². The van der Waals surface area contributed by atoms with Crippen molar-refractivity contribution in [2.24, 2.45) is 0 Å². The normalized spacial score (nSPS) is 16.3. The van der Waals surface area contributed by atoms with Crippen molar-refractivity contribution in [2.75, 3.05) is 20.6 Å². The summed E-state index contributed by atoms with van der Waals surface area (Å²) in [6.45, 7) is 1.64. The monoisotopic (exact) mass is 541 g/mol. The van der Waals surface area contributed by atoms with E-state index in [0.29, 0.717) is 18.6 Å². The Bertz CT molecular complexity index is 1370. The molecular weight excluding hydrogens is 516 g/mol. The van der Waals surface area contributed by atoms with Gasteiger partial charge in [0, 0.05) is 25.8 Å². The number of carbonyl (C=O) groups excluding carboxylic acids is 1. The van der Waals surface area contributed by atoms with Gasteiger partial charge in [-0.2, -0.15) is 26.3 Å². The number of pyridine rings is 1. The van der Waals surface area contributed by atoms with Crippen LogP contribution in [0.25, 0.3) is 5.69 Å². The number of nitrogens with zero attached hydrogens (tertiary/aromatic N) is 5. The van der Waals surface area contributed by atoms with Gasteiger partial charge >= 0.3 is 12.4 Å². The van der Waals surface area contributed by atoms with Crippen molar-refractivity contribution in [1.29, 1.82) is 0 Å². The minimum atomic E-state index is -5.01. The van der Waals surface area contributed by atoms with Gasteiger partial charge in [0.2, 0.25) is 0 Å². The number of rotatable bonds is 6. The number of benzene rings is 1. The lowest BCUT2D eigenvalue weighted by atomic mass is 10.0. The van der Waals surface area contributed by atoms with E-state index in [-0.39, 0.29) is 36.1 Å². The van der Waals surface area contributed by atoms with Crippen molar-refractivity contribution >= 4 is 5.91 Å². The Balaban J connectivity index is 1.76. The van der Waals surface area contributed by atoms with Gasteiger partial charge in [0.15, 0.2) is 0 Å². The lowest BCUT2D eigenvalue weighted by molar-refractivity contribution is -0.143. The van der Waals surface area contributed by atoms with E-state index in [1.54, 1.807) is 29.8 Å². The molecule has 1 atom stereocenters.